The molecule has 7 nitrogen and oxygen atoms in total. The maximum atomic E-state index is 12.4. The number of aryl methyl sites for hydroxylation is 1. The van der Waals surface area contributed by atoms with Gasteiger partial charge in [0.25, 0.3) is 5.91 Å². The van der Waals surface area contributed by atoms with Gasteiger partial charge < -0.3 is 18.9 Å². The van der Waals surface area contributed by atoms with Gasteiger partial charge in [-0.2, -0.15) is 0 Å². The molecule has 2 aliphatic heterocycles. The van der Waals surface area contributed by atoms with Gasteiger partial charge in [-0.05, 0) is 18.6 Å². The number of pyridine rings is 1. The maximum Gasteiger partial charge on any atom is 0.274 e. The Balaban J connectivity index is 1.36. The van der Waals surface area contributed by atoms with Crippen molar-refractivity contribution in [2.75, 3.05) is 26.3 Å². The average Bonchev–Trinajstić information content (AvgIpc) is 3.18. The van der Waals surface area contributed by atoms with Gasteiger partial charge >= 0.3 is 0 Å². The molecule has 0 aliphatic carbocycles. The van der Waals surface area contributed by atoms with Crippen LogP contribution in [0.15, 0.2) is 37.1 Å². The number of hydrogen-bond donors (Lipinski definition) is 0. The lowest BCUT2D eigenvalue weighted by atomic mass is 9.81. The van der Waals surface area contributed by atoms with Crippen LogP contribution in [0, 0.1) is 5.92 Å². The van der Waals surface area contributed by atoms with Crippen molar-refractivity contribution >= 4 is 5.91 Å². The van der Waals surface area contributed by atoms with Gasteiger partial charge in [0, 0.05) is 32.0 Å². The highest BCUT2D eigenvalue weighted by molar-refractivity contribution is 5.92. The molecule has 2 fully saturated rings. The number of nitrogens with zero attached hydrogens (tertiary/aromatic N) is 4. The van der Waals surface area contributed by atoms with E-state index in [1.165, 1.54) is 0 Å². The van der Waals surface area contributed by atoms with Gasteiger partial charge in [0.15, 0.2) is 0 Å². The quantitative estimate of drug-likeness (QED) is 0.841. The molecule has 1 unspecified atom stereocenters. The summed E-state index contributed by atoms with van der Waals surface area (Å²) in [4.78, 5) is 22.4. The van der Waals surface area contributed by atoms with E-state index in [0.29, 0.717) is 32.0 Å². The number of carbonyl (C=O) groups is 1. The second kappa shape index (κ2) is 5.90. The molecule has 24 heavy (non-hydrogen) atoms. The van der Waals surface area contributed by atoms with E-state index in [1.807, 2.05) is 19.2 Å². The molecule has 2 aromatic rings. The Labute approximate surface area is 140 Å². The molecular formula is C17H20N4O3. The van der Waals surface area contributed by atoms with Crippen LogP contribution in [-0.2, 0) is 11.8 Å². The van der Waals surface area contributed by atoms with E-state index < -0.39 is 0 Å². The molecule has 2 aromatic heterocycles. The molecular weight excluding hydrogens is 308 g/mol. The van der Waals surface area contributed by atoms with E-state index in [9.17, 15) is 4.79 Å². The molecule has 0 N–H and O–H groups in total. The number of ether oxygens (including phenoxy) is 2. The third-order valence-corrected chi connectivity index (χ3v) is 4.81. The summed E-state index contributed by atoms with van der Waals surface area (Å²) in [7, 11) is 1.85. The second-order valence-electron chi connectivity index (χ2n) is 6.48. The number of carbonyl (C=O) groups excluding carboxylic acids is 1. The zero-order valence-electron chi connectivity index (χ0n) is 13.6. The summed E-state index contributed by atoms with van der Waals surface area (Å²) in [5.74, 6) is 1.01. The Morgan fingerprint density at radius 3 is 3.08 bits per heavy atom. The molecule has 1 atom stereocenters. The first kappa shape index (κ1) is 15.1. The summed E-state index contributed by atoms with van der Waals surface area (Å²) in [5, 5.41) is 0. The maximum absolute atomic E-state index is 12.4. The van der Waals surface area contributed by atoms with E-state index in [4.69, 9.17) is 9.47 Å². The third-order valence-electron chi connectivity index (χ3n) is 4.81. The van der Waals surface area contributed by atoms with E-state index in [-0.39, 0.29) is 17.4 Å². The van der Waals surface area contributed by atoms with Crippen LogP contribution < -0.4 is 4.74 Å². The number of likely N-dealkylation sites (tertiary alicyclic amines) is 1. The predicted octanol–water partition coefficient (Wildman–Crippen LogP) is 1.13. The molecule has 2 saturated heterocycles. The monoisotopic (exact) mass is 328 g/mol. The lowest BCUT2D eigenvalue weighted by molar-refractivity contribution is -0.122. The zero-order chi connectivity index (χ0) is 16.6. The van der Waals surface area contributed by atoms with E-state index in [1.54, 1.807) is 34.4 Å². The summed E-state index contributed by atoms with van der Waals surface area (Å²) in [6.45, 7) is 2.50. The first-order valence-corrected chi connectivity index (χ1v) is 8.10. The van der Waals surface area contributed by atoms with Crippen molar-refractivity contribution in [2.24, 2.45) is 13.0 Å². The van der Waals surface area contributed by atoms with Gasteiger partial charge in [-0.3, -0.25) is 9.78 Å². The Hall–Kier alpha value is -2.41. The summed E-state index contributed by atoms with van der Waals surface area (Å²) in [5.41, 5.74) is 0.209. The molecule has 0 bridgehead atoms. The second-order valence-corrected chi connectivity index (χ2v) is 6.48. The van der Waals surface area contributed by atoms with Crippen molar-refractivity contribution in [3.8, 4) is 5.75 Å². The van der Waals surface area contributed by atoms with Crippen molar-refractivity contribution in [1.29, 1.82) is 0 Å². The Morgan fingerprint density at radius 1 is 1.50 bits per heavy atom. The van der Waals surface area contributed by atoms with Gasteiger partial charge in [-0.15, -0.1) is 0 Å². The Kier molecular flexibility index (Phi) is 3.72. The third kappa shape index (κ3) is 2.65. The highest BCUT2D eigenvalue weighted by atomic mass is 16.5. The highest BCUT2D eigenvalue weighted by Crippen LogP contribution is 2.40. The lowest BCUT2D eigenvalue weighted by Gasteiger charge is -2.49. The van der Waals surface area contributed by atoms with E-state index in [2.05, 4.69) is 9.97 Å². The molecule has 0 radical (unpaired) electrons. The number of imidazole rings is 1. The first-order valence-electron chi connectivity index (χ1n) is 8.10. The van der Waals surface area contributed by atoms with Crippen LogP contribution in [0.3, 0.4) is 0 Å². The summed E-state index contributed by atoms with van der Waals surface area (Å²) in [6.07, 6.45) is 7.76. The van der Waals surface area contributed by atoms with Gasteiger partial charge in [0.2, 0.25) is 0 Å². The van der Waals surface area contributed by atoms with Crippen LogP contribution in [0.5, 0.6) is 5.75 Å². The smallest absolute Gasteiger partial charge is 0.274 e. The normalized spacial score (nSPS) is 21.7. The van der Waals surface area contributed by atoms with Crippen molar-refractivity contribution in [3.05, 3.63) is 42.7 Å². The van der Waals surface area contributed by atoms with Crippen molar-refractivity contribution in [2.45, 2.75) is 12.0 Å². The summed E-state index contributed by atoms with van der Waals surface area (Å²) >= 11 is 0. The fourth-order valence-electron chi connectivity index (χ4n) is 3.43. The van der Waals surface area contributed by atoms with Crippen molar-refractivity contribution in [3.63, 3.8) is 0 Å². The number of aromatic nitrogens is 3. The van der Waals surface area contributed by atoms with Crippen LogP contribution in [0.25, 0.3) is 0 Å². The van der Waals surface area contributed by atoms with E-state index >= 15 is 0 Å². The van der Waals surface area contributed by atoms with Crippen molar-refractivity contribution < 1.29 is 14.3 Å². The predicted molar refractivity (Wildman–Crippen MR) is 85.6 cm³/mol. The summed E-state index contributed by atoms with van der Waals surface area (Å²) < 4.78 is 13.6. The van der Waals surface area contributed by atoms with Crippen LogP contribution in [-0.4, -0.2) is 57.2 Å². The highest BCUT2D eigenvalue weighted by Gasteiger charge is 2.55. The molecule has 1 amide bonds. The summed E-state index contributed by atoms with van der Waals surface area (Å²) in [6, 6.07) is 3.75. The molecule has 0 aromatic carbocycles. The van der Waals surface area contributed by atoms with Crippen molar-refractivity contribution in [1.82, 2.24) is 19.4 Å². The lowest BCUT2D eigenvalue weighted by Crippen LogP contribution is -2.66. The van der Waals surface area contributed by atoms with Gasteiger partial charge in [0.1, 0.15) is 17.0 Å². The molecule has 7 heteroatoms. The Bertz CT molecular complexity index is 724. The SMILES string of the molecule is Cn1cnc(C(=O)N2CC3(C2)OCCC3COc2cccnc2)c1. The number of hydrogen-bond acceptors (Lipinski definition) is 5. The largest absolute Gasteiger partial charge is 0.492 e. The van der Waals surface area contributed by atoms with Crippen LogP contribution >= 0.6 is 0 Å². The molecule has 2 aliphatic rings. The number of rotatable bonds is 4. The Morgan fingerprint density at radius 2 is 2.38 bits per heavy atom. The molecule has 4 heterocycles. The molecule has 0 saturated carbocycles. The molecule has 1 spiro atoms. The zero-order valence-corrected chi connectivity index (χ0v) is 13.6. The van der Waals surface area contributed by atoms with Crippen LogP contribution in [0.2, 0.25) is 0 Å². The first-order chi connectivity index (χ1) is 11.7. The topological polar surface area (TPSA) is 69.5 Å². The molecule has 126 valence electrons. The van der Waals surface area contributed by atoms with Crippen LogP contribution in [0.1, 0.15) is 16.9 Å². The van der Waals surface area contributed by atoms with Gasteiger partial charge in [0.05, 0.1) is 32.2 Å². The minimum absolute atomic E-state index is 0.0383. The number of amides is 1. The van der Waals surface area contributed by atoms with Gasteiger partial charge in [-0.25, -0.2) is 4.98 Å². The van der Waals surface area contributed by atoms with Gasteiger partial charge in [-0.1, -0.05) is 0 Å². The fourth-order valence-corrected chi connectivity index (χ4v) is 3.43. The minimum Gasteiger partial charge on any atom is -0.492 e. The van der Waals surface area contributed by atoms with E-state index in [0.717, 1.165) is 12.2 Å². The van der Waals surface area contributed by atoms with Crippen LogP contribution in [0.4, 0.5) is 0 Å². The standard InChI is InChI=1S/C17H20N4O3/c1-20-8-15(19-12-20)16(22)21-10-17(11-21)13(4-6-24-17)9-23-14-3-2-5-18-7-14/h2-3,5,7-8,12-13H,4,6,9-11H2,1H3. The minimum atomic E-state index is -0.271. The average molecular weight is 328 g/mol. The molecule has 4 rings (SSSR count). The fraction of sp³-hybridized carbons (Fsp3) is 0.471.